The zero-order valence-electron chi connectivity index (χ0n) is 20.0. The van der Waals surface area contributed by atoms with Crippen molar-refractivity contribution in [2.24, 2.45) is 0 Å². The molecule has 2 aromatic rings. The molecule has 0 radical (unpaired) electrons. The largest absolute Gasteiger partial charge is 0.358 e. The summed E-state index contributed by atoms with van der Waals surface area (Å²) in [4.78, 5) is 27.0. The van der Waals surface area contributed by atoms with E-state index in [1.165, 1.54) is 9.21 Å². The van der Waals surface area contributed by atoms with Crippen LogP contribution in [0.3, 0.4) is 0 Å². The Kier molecular flexibility index (Phi) is 6.68. The van der Waals surface area contributed by atoms with Crippen LogP contribution in [0.15, 0.2) is 41.3 Å². The van der Waals surface area contributed by atoms with Crippen LogP contribution >= 0.6 is 0 Å². The van der Waals surface area contributed by atoms with Crippen LogP contribution in [0, 0.1) is 32.1 Å². The van der Waals surface area contributed by atoms with Crippen molar-refractivity contribution < 1.29 is 22.7 Å². The zero-order valence-corrected chi connectivity index (χ0v) is 20.8. The first-order valence-electron chi connectivity index (χ1n) is 11.4. The van der Waals surface area contributed by atoms with Crippen molar-refractivity contribution in [1.29, 1.82) is 5.26 Å². The fourth-order valence-corrected chi connectivity index (χ4v) is 7.22. The molecule has 2 heterocycles. The van der Waals surface area contributed by atoms with Crippen molar-refractivity contribution >= 4 is 27.5 Å². The van der Waals surface area contributed by atoms with E-state index in [-0.39, 0.29) is 50.3 Å². The summed E-state index contributed by atoms with van der Waals surface area (Å²) in [5, 5.41) is 11.7. The van der Waals surface area contributed by atoms with E-state index < -0.39 is 27.6 Å². The number of likely N-dealkylation sites (tertiary alicyclic amines) is 1. The molecule has 0 saturated carbocycles. The summed E-state index contributed by atoms with van der Waals surface area (Å²) in [5.74, 6) is -1.57. The number of piperidine rings is 1. The highest BCUT2D eigenvalue weighted by Gasteiger charge is 2.51. The van der Waals surface area contributed by atoms with E-state index in [1.54, 1.807) is 38.1 Å². The molecule has 0 atom stereocenters. The van der Waals surface area contributed by atoms with Gasteiger partial charge in [0, 0.05) is 32.5 Å². The summed E-state index contributed by atoms with van der Waals surface area (Å²) in [6, 6.07) is 12.1. The monoisotopic (exact) mass is 496 g/mol. The summed E-state index contributed by atoms with van der Waals surface area (Å²) in [5.41, 5.74) is 1.84. The molecule has 2 amide bonds. The maximum atomic E-state index is 13.7. The smallest absolute Gasteiger partial charge is 0.313 e. The van der Waals surface area contributed by atoms with Crippen molar-refractivity contribution in [2.45, 2.75) is 44.2 Å². The second kappa shape index (κ2) is 9.41. The molecule has 2 saturated heterocycles. The summed E-state index contributed by atoms with van der Waals surface area (Å²) in [6.07, 6.45) is 0.508. The van der Waals surface area contributed by atoms with Gasteiger partial charge in [-0.1, -0.05) is 29.8 Å². The first-order valence-corrected chi connectivity index (χ1v) is 12.9. The summed E-state index contributed by atoms with van der Waals surface area (Å²) < 4.78 is 34.9. The van der Waals surface area contributed by atoms with Crippen molar-refractivity contribution in [2.75, 3.05) is 31.6 Å². The molecule has 1 spiro atoms. The predicted molar refractivity (Wildman–Crippen MR) is 129 cm³/mol. The number of carbonyl (C=O) groups is 2. The van der Waals surface area contributed by atoms with Gasteiger partial charge in [-0.15, -0.1) is 0 Å². The molecule has 1 N–H and O–H groups in total. The van der Waals surface area contributed by atoms with Gasteiger partial charge in [0.05, 0.1) is 22.8 Å². The molecule has 2 aromatic carbocycles. The number of rotatable bonds is 3. The number of nitriles is 1. The lowest BCUT2D eigenvalue weighted by Crippen LogP contribution is -2.56. The maximum Gasteiger partial charge on any atom is 0.313 e. The van der Waals surface area contributed by atoms with Crippen LogP contribution in [-0.4, -0.2) is 61.4 Å². The molecule has 0 bridgehead atoms. The number of aryl methyl sites for hydroxylation is 3. The standard InChI is InChI=1S/C25H28N4O5S/c1-17-14-18(2)22(19(3)15-17)35(32,33)29-12-13-34-25(29)8-10-28(11-9-25)24(31)23(30)27-21-7-5-4-6-20(21)16-26/h4-7,14-15H,8-13H2,1-3H3,(H,27,30). The number of benzene rings is 2. The number of para-hydroxylation sites is 1. The highest BCUT2D eigenvalue weighted by Crippen LogP contribution is 2.39. The number of anilines is 1. The summed E-state index contributed by atoms with van der Waals surface area (Å²) in [6.45, 7) is 6.35. The van der Waals surface area contributed by atoms with E-state index in [0.29, 0.717) is 16.0 Å². The minimum atomic E-state index is -3.83. The minimum absolute atomic E-state index is 0.171. The number of ether oxygens (including phenoxy) is 1. The molecule has 2 aliphatic heterocycles. The number of hydrogen-bond acceptors (Lipinski definition) is 6. The number of hydrogen-bond donors (Lipinski definition) is 1. The highest BCUT2D eigenvalue weighted by atomic mass is 32.2. The van der Waals surface area contributed by atoms with E-state index in [1.807, 2.05) is 25.1 Å². The van der Waals surface area contributed by atoms with Crippen molar-refractivity contribution in [3.05, 3.63) is 58.7 Å². The molecule has 35 heavy (non-hydrogen) atoms. The van der Waals surface area contributed by atoms with Crippen LogP contribution in [-0.2, 0) is 24.3 Å². The van der Waals surface area contributed by atoms with Crippen LogP contribution in [0.5, 0.6) is 0 Å². The molecule has 184 valence electrons. The Morgan fingerprint density at radius 3 is 2.31 bits per heavy atom. The quantitative estimate of drug-likeness (QED) is 0.652. The lowest BCUT2D eigenvalue weighted by atomic mass is 10.0. The third-order valence-electron chi connectivity index (χ3n) is 6.59. The van der Waals surface area contributed by atoms with Crippen LogP contribution in [0.25, 0.3) is 0 Å². The zero-order chi connectivity index (χ0) is 25.4. The molecule has 10 heteroatoms. The highest BCUT2D eigenvalue weighted by molar-refractivity contribution is 7.89. The van der Waals surface area contributed by atoms with Gasteiger partial charge in [-0.3, -0.25) is 9.59 Å². The van der Waals surface area contributed by atoms with E-state index in [2.05, 4.69) is 5.32 Å². The fourth-order valence-electron chi connectivity index (χ4n) is 5.08. The average Bonchev–Trinajstić information content (AvgIpc) is 3.22. The van der Waals surface area contributed by atoms with Gasteiger partial charge in [0.1, 0.15) is 11.8 Å². The Bertz CT molecular complexity index is 1300. The lowest BCUT2D eigenvalue weighted by molar-refractivity contribution is -0.148. The van der Waals surface area contributed by atoms with Crippen molar-refractivity contribution in [1.82, 2.24) is 9.21 Å². The Morgan fingerprint density at radius 1 is 1.06 bits per heavy atom. The van der Waals surface area contributed by atoms with Gasteiger partial charge in [0.25, 0.3) is 0 Å². The van der Waals surface area contributed by atoms with E-state index in [9.17, 15) is 23.3 Å². The molecule has 9 nitrogen and oxygen atoms in total. The average molecular weight is 497 g/mol. The Labute approximate surface area is 205 Å². The summed E-state index contributed by atoms with van der Waals surface area (Å²) in [7, 11) is -3.83. The van der Waals surface area contributed by atoms with E-state index in [4.69, 9.17) is 4.74 Å². The second-order valence-electron chi connectivity index (χ2n) is 9.00. The van der Waals surface area contributed by atoms with Gasteiger partial charge in [0.15, 0.2) is 0 Å². The van der Waals surface area contributed by atoms with Crippen LogP contribution in [0.4, 0.5) is 5.69 Å². The number of carbonyl (C=O) groups excluding carboxylic acids is 2. The molecule has 0 aliphatic carbocycles. The molecule has 2 aliphatic rings. The van der Waals surface area contributed by atoms with Crippen molar-refractivity contribution in [3.63, 3.8) is 0 Å². The lowest BCUT2D eigenvalue weighted by Gasteiger charge is -2.42. The first-order chi connectivity index (χ1) is 16.6. The predicted octanol–water partition coefficient (Wildman–Crippen LogP) is 2.46. The third-order valence-corrected chi connectivity index (χ3v) is 8.85. The van der Waals surface area contributed by atoms with Gasteiger partial charge < -0.3 is 15.0 Å². The van der Waals surface area contributed by atoms with Crippen LogP contribution in [0.1, 0.15) is 35.1 Å². The van der Waals surface area contributed by atoms with Gasteiger partial charge in [0.2, 0.25) is 10.0 Å². The van der Waals surface area contributed by atoms with Gasteiger partial charge in [-0.25, -0.2) is 8.42 Å². The number of nitrogens with one attached hydrogen (secondary N) is 1. The summed E-state index contributed by atoms with van der Waals surface area (Å²) >= 11 is 0. The fraction of sp³-hybridized carbons (Fsp3) is 0.400. The minimum Gasteiger partial charge on any atom is -0.358 e. The third kappa shape index (κ3) is 4.55. The molecule has 0 unspecified atom stereocenters. The van der Waals surface area contributed by atoms with Crippen LogP contribution in [0.2, 0.25) is 0 Å². The van der Waals surface area contributed by atoms with Gasteiger partial charge in [-0.05, 0) is 44.0 Å². The number of amides is 2. The maximum absolute atomic E-state index is 13.7. The molecule has 2 fully saturated rings. The first kappa shape index (κ1) is 24.9. The SMILES string of the molecule is Cc1cc(C)c(S(=O)(=O)N2CCOC23CCN(C(=O)C(=O)Nc2ccccc2C#N)CC3)c(C)c1. The number of nitrogens with zero attached hydrogens (tertiary/aromatic N) is 3. The molecule has 0 aromatic heterocycles. The topological polar surface area (TPSA) is 120 Å². The normalized spacial score (nSPS) is 17.8. The van der Waals surface area contributed by atoms with Crippen LogP contribution < -0.4 is 5.32 Å². The van der Waals surface area contributed by atoms with Crippen molar-refractivity contribution in [3.8, 4) is 6.07 Å². The second-order valence-corrected chi connectivity index (χ2v) is 10.8. The Morgan fingerprint density at radius 2 is 1.69 bits per heavy atom. The Balaban J connectivity index is 1.49. The number of sulfonamides is 1. The van der Waals surface area contributed by atoms with E-state index >= 15 is 0 Å². The van der Waals surface area contributed by atoms with Gasteiger partial charge >= 0.3 is 11.8 Å². The van der Waals surface area contributed by atoms with Gasteiger partial charge in [-0.2, -0.15) is 9.57 Å². The Hall–Kier alpha value is -3.26. The molecular formula is C25H28N4O5S. The molecular weight excluding hydrogens is 468 g/mol. The molecule has 4 rings (SSSR count). The van der Waals surface area contributed by atoms with E-state index in [0.717, 1.165) is 5.56 Å².